The first-order valence-electron chi connectivity index (χ1n) is 5.17. The van der Waals surface area contributed by atoms with Gasteiger partial charge in [0.15, 0.2) is 0 Å². The van der Waals surface area contributed by atoms with Crippen LogP contribution >= 0.6 is 0 Å². The van der Waals surface area contributed by atoms with E-state index in [1.807, 2.05) is 7.05 Å². The standard InChI is InChI=1S/C9H16N4OS/c1-13-9(7-11-12-13)6-10-8-2-4-15(14)5-3-8/h7-8,10H,2-6H2,1H3. The van der Waals surface area contributed by atoms with E-state index in [0.717, 1.165) is 36.6 Å². The Morgan fingerprint density at radius 2 is 2.33 bits per heavy atom. The lowest BCUT2D eigenvalue weighted by Gasteiger charge is -2.22. The minimum atomic E-state index is -0.575. The maximum Gasteiger partial charge on any atom is 0.0738 e. The molecule has 0 unspecified atom stereocenters. The summed E-state index contributed by atoms with van der Waals surface area (Å²) < 4.78 is 12.9. The summed E-state index contributed by atoms with van der Waals surface area (Å²) in [7, 11) is 1.31. The number of aryl methyl sites for hydroxylation is 1. The van der Waals surface area contributed by atoms with Crippen molar-refractivity contribution >= 4 is 10.8 Å². The molecule has 2 rings (SSSR count). The zero-order chi connectivity index (χ0) is 10.7. The fourth-order valence-electron chi connectivity index (χ4n) is 1.72. The molecule has 0 aliphatic carbocycles. The van der Waals surface area contributed by atoms with Gasteiger partial charge in [0.2, 0.25) is 0 Å². The molecule has 1 aliphatic heterocycles. The van der Waals surface area contributed by atoms with Crippen LogP contribution in [0.5, 0.6) is 0 Å². The minimum absolute atomic E-state index is 0.498. The largest absolute Gasteiger partial charge is 0.308 e. The lowest BCUT2D eigenvalue weighted by molar-refractivity contribution is 0.465. The van der Waals surface area contributed by atoms with Crippen molar-refractivity contribution in [3.05, 3.63) is 11.9 Å². The zero-order valence-electron chi connectivity index (χ0n) is 8.85. The highest BCUT2D eigenvalue weighted by atomic mass is 32.2. The Hall–Kier alpha value is -0.750. The first kappa shape index (κ1) is 10.8. The molecule has 0 amide bonds. The van der Waals surface area contributed by atoms with Gasteiger partial charge in [-0.3, -0.25) is 8.89 Å². The Labute approximate surface area is 91.7 Å². The summed E-state index contributed by atoms with van der Waals surface area (Å²) in [6.07, 6.45) is 3.80. The van der Waals surface area contributed by atoms with Crippen LogP contribution in [0.4, 0.5) is 0 Å². The van der Waals surface area contributed by atoms with Gasteiger partial charge in [-0.1, -0.05) is 5.21 Å². The Kier molecular flexibility index (Phi) is 3.48. The molecule has 1 N–H and O–H groups in total. The molecule has 0 atom stereocenters. The molecule has 84 valence electrons. The highest BCUT2D eigenvalue weighted by Crippen LogP contribution is 2.09. The fourth-order valence-corrected chi connectivity index (χ4v) is 3.02. The summed E-state index contributed by atoms with van der Waals surface area (Å²) in [4.78, 5) is 0. The smallest absolute Gasteiger partial charge is 0.0738 e. The number of nitrogens with one attached hydrogen (secondary N) is 1. The van der Waals surface area contributed by atoms with Crippen LogP contribution in [-0.2, 0) is 24.4 Å². The Morgan fingerprint density at radius 1 is 1.60 bits per heavy atom. The summed E-state index contributed by atoms with van der Waals surface area (Å²) >= 11 is 0. The first-order chi connectivity index (χ1) is 7.25. The minimum Gasteiger partial charge on any atom is -0.308 e. The van der Waals surface area contributed by atoms with Crippen molar-refractivity contribution in [1.29, 1.82) is 0 Å². The van der Waals surface area contributed by atoms with Crippen molar-refractivity contribution in [1.82, 2.24) is 20.3 Å². The van der Waals surface area contributed by atoms with Gasteiger partial charge in [0.1, 0.15) is 0 Å². The highest BCUT2D eigenvalue weighted by Gasteiger charge is 2.17. The van der Waals surface area contributed by atoms with Gasteiger partial charge >= 0.3 is 0 Å². The van der Waals surface area contributed by atoms with E-state index in [1.54, 1.807) is 10.9 Å². The van der Waals surface area contributed by atoms with Gasteiger partial charge in [-0.25, -0.2) is 0 Å². The predicted molar refractivity (Wildman–Crippen MR) is 58.7 cm³/mol. The monoisotopic (exact) mass is 228 g/mol. The fraction of sp³-hybridized carbons (Fsp3) is 0.778. The molecule has 1 fully saturated rings. The third-order valence-electron chi connectivity index (χ3n) is 2.77. The maximum absolute atomic E-state index is 11.2. The highest BCUT2D eigenvalue weighted by molar-refractivity contribution is 7.85. The molecule has 0 spiro atoms. The van der Waals surface area contributed by atoms with Crippen molar-refractivity contribution in [2.24, 2.45) is 7.05 Å². The van der Waals surface area contributed by atoms with Crippen LogP contribution in [-0.4, -0.2) is 36.8 Å². The molecule has 1 aromatic heterocycles. The molecule has 6 heteroatoms. The van der Waals surface area contributed by atoms with Gasteiger partial charge in [-0.15, -0.1) is 5.10 Å². The average Bonchev–Trinajstić information content (AvgIpc) is 2.63. The molecule has 15 heavy (non-hydrogen) atoms. The Bertz CT molecular complexity index is 342. The van der Waals surface area contributed by atoms with E-state index < -0.39 is 10.8 Å². The number of hydrogen-bond acceptors (Lipinski definition) is 4. The lowest BCUT2D eigenvalue weighted by atomic mass is 10.1. The normalized spacial score (nSPS) is 26.7. The summed E-state index contributed by atoms with van der Waals surface area (Å²) in [6.45, 7) is 0.792. The van der Waals surface area contributed by atoms with E-state index in [-0.39, 0.29) is 0 Å². The summed E-state index contributed by atoms with van der Waals surface area (Å²) in [5, 5.41) is 11.1. The number of rotatable bonds is 3. The molecule has 0 aromatic carbocycles. The van der Waals surface area contributed by atoms with E-state index in [9.17, 15) is 4.21 Å². The second kappa shape index (κ2) is 4.85. The lowest BCUT2D eigenvalue weighted by Crippen LogP contribution is -2.35. The van der Waals surface area contributed by atoms with Crippen LogP contribution in [0.15, 0.2) is 6.20 Å². The van der Waals surface area contributed by atoms with Crippen molar-refractivity contribution in [2.45, 2.75) is 25.4 Å². The molecule has 1 aliphatic rings. The Balaban J connectivity index is 1.79. The molecular weight excluding hydrogens is 212 g/mol. The molecule has 1 aromatic rings. The third-order valence-corrected chi connectivity index (χ3v) is 4.15. The average molecular weight is 228 g/mol. The van der Waals surface area contributed by atoms with Crippen LogP contribution < -0.4 is 5.32 Å². The predicted octanol–water partition coefficient (Wildman–Crippen LogP) is -0.184. The van der Waals surface area contributed by atoms with Crippen LogP contribution in [0, 0.1) is 0 Å². The number of hydrogen-bond donors (Lipinski definition) is 1. The van der Waals surface area contributed by atoms with Gasteiger partial charge in [0, 0.05) is 41.9 Å². The van der Waals surface area contributed by atoms with Crippen molar-refractivity contribution < 1.29 is 4.21 Å². The summed E-state index contributed by atoms with van der Waals surface area (Å²) in [5.41, 5.74) is 1.08. The number of nitrogens with zero attached hydrogens (tertiary/aromatic N) is 3. The van der Waals surface area contributed by atoms with Crippen LogP contribution in [0.2, 0.25) is 0 Å². The molecule has 2 heterocycles. The van der Waals surface area contributed by atoms with Gasteiger partial charge in [-0.05, 0) is 12.8 Å². The van der Waals surface area contributed by atoms with Crippen LogP contribution in [0.3, 0.4) is 0 Å². The van der Waals surface area contributed by atoms with E-state index in [2.05, 4.69) is 15.6 Å². The molecule has 1 saturated heterocycles. The summed E-state index contributed by atoms with van der Waals surface area (Å²) in [5.74, 6) is 1.67. The van der Waals surface area contributed by atoms with Crippen molar-refractivity contribution in [3.63, 3.8) is 0 Å². The SMILES string of the molecule is Cn1nncc1CNC1CCS(=O)CC1. The molecule has 0 radical (unpaired) electrons. The quantitative estimate of drug-likeness (QED) is 0.779. The van der Waals surface area contributed by atoms with E-state index in [1.165, 1.54) is 0 Å². The van der Waals surface area contributed by atoms with Gasteiger partial charge in [0.25, 0.3) is 0 Å². The van der Waals surface area contributed by atoms with E-state index >= 15 is 0 Å². The topological polar surface area (TPSA) is 59.8 Å². The van der Waals surface area contributed by atoms with Gasteiger partial charge in [0.05, 0.1) is 11.9 Å². The second-order valence-corrected chi connectivity index (χ2v) is 5.55. The maximum atomic E-state index is 11.2. The molecule has 0 saturated carbocycles. The van der Waals surface area contributed by atoms with Crippen molar-refractivity contribution in [3.8, 4) is 0 Å². The van der Waals surface area contributed by atoms with Crippen molar-refractivity contribution in [2.75, 3.05) is 11.5 Å². The number of aromatic nitrogens is 3. The second-order valence-electron chi connectivity index (χ2n) is 3.85. The zero-order valence-corrected chi connectivity index (χ0v) is 9.66. The summed E-state index contributed by atoms with van der Waals surface area (Å²) in [6, 6.07) is 0.498. The first-order valence-corrected chi connectivity index (χ1v) is 6.66. The van der Waals surface area contributed by atoms with Crippen LogP contribution in [0.25, 0.3) is 0 Å². The van der Waals surface area contributed by atoms with Gasteiger partial charge < -0.3 is 5.32 Å². The van der Waals surface area contributed by atoms with Gasteiger partial charge in [-0.2, -0.15) is 0 Å². The molecule has 5 nitrogen and oxygen atoms in total. The van der Waals surface area contributed by atoms with E-state index in [4.69, 9.17) is 0 Å². The van der Waals surface area contributed by atoms with E-state index in [0.29, 0.717) is 6.04 Å². The molecular formula is C9H16N4OS. The Morgan fingerprint density at radius 3 is 2.93 bits per heavy atom. The third kappa shape index (κ3) is 2.85. The van der Waals surface area contributed by atoms with Crippen LogP contribution in [0.1, 0.15) is 18.5 Å². The molecule has 0 bridgehead atoms.